The summed E-state index contributed by atoms with van der Waals surface area (Å²) in [4.78, 5) is 0. The van der Waals surface area contributed by atoms with Crippen LogP contribution in [0.25, 0.3) is 0 Å². The van der Waals surface area contributed by atoms with E-state index in [1.165, 1.54) is 24.3 Å². The van der Waals surface area contributed by atoms with Crippen molar-refractivity contribution in [1.29, 1.82) is 0 Å². The van der Waals surface area contributed by atoms with E-state index in [1.807, 2.05) is 6.92 Å². The van der Waals surface area contributed by atoms with Gasteiger partial charge in [-0.1, -0.05) is 45.0 Å². The van der Waals surface area contributed by atoms with Gasteiger partial charge in [-0.15, -0.1) is 0 Å². The van der Waals surface area contributed by atoms with Crippen LogP contribution in [0.2, 0.25) is 0 Å². The first-order valence-corrected chi connectivity index (χ1v) is 5.95. The predicted molar refractivity (Wildman–Crippen MR) is 67.9 cm³/mol. The number of hydrogen-bond donors (Lipinski definition) is 1. The summed E-state index contributed by atoms with van der Waals surface area (Å²) in [6, 6.07) is 5.28. The van der Waals surface area contributed by atoms with Crippen LogP contribution in [0.5, 0.6) is 0 Å². The molecule has 1 aromatic carbocycles. The van der Waals surface area contributed by atoms with Gasteiger partial charge in [-0.2, -0.15) is 26.3 Å². The summed E-state index contributed by atoms with van der Waals surface area (Å²) in [6.07, 6.45) is -11.6. The van der Waals surface area contributed by atoms with Gasteiger partial charge in [0.25, 0.3) is 5.60 Å². The molecule has 0 bridgehead atoms. The van der Waals surface area contributed by atoms with Crippen LogP contribution in [0, 0.1) is 0 Å². The van der Waals surface area contributed by atoms with Gasteiger partial charge >= 0.3 is 12.4 Å². The van der Waals surface area contributed by atoms with E-state index in [2.05, 4.69) is 0 Å². The number of benzene rings is 1. The molecule has 0 radical (unpaired) electrons. The molecule has 0 aliphatic heterocycles. The SMILES string of the molecule is C.CCCc1ccc(CC(O)(C(F)(F)F)C(F)(F)F)cc1. The summed E-state index contributed by atoms with van der Waals surface area (Å²) in [5.41, 5.74) is -4.13. The average molecular weight is 316 g/mol. The van der Waals surface area contributed by atoms with Gasteiger partial charge in [0.05, 0.1) is 0 Å². The molecule has 1 aromatic rings. The van der Waals surface area contributed by atoms with Gasteiger partial charge in [-0.25, -0.2) is 0 Å². The second-order valence-corrected chi connectivity index (χ2v) is 4.60. The van der Waals surface area contributed by atoms with Gasteiger partial charge in [0.2, 0.25) is 0 Å². The molecule has 0 amide bonds. The summed E-state index contributed by atoms with van der Waals surface area (Å²) in [5, 5.41) is 9.06. The molecule has 1 rings (SSSR count). The lowest BCUT2D eigenvalue weighted by molar-refractivity contribution is -0.367. The second-order valence-electron chi connectivity index (χ2n) is 4.60. The Morgan fingerprint density at radius 2 is 1.24 bits per heavy atom. The van der Waals surface area contributed by atoms with Crippen molar-refractivity contribution in [2.45, 2.75) is 51.6 Å². The summed E-state index contributed by atoms with van der Waals surface area (Å²) in [5.74, 6) is 0. The third-order valence-electron chi connectivity index (χ3n) is 2.96. The third-order valence-corrected chi connectivity index (χ3v) is 2.96. The molecule has 0 aliphatic rings. The fraction of sp³-hybridized carbons (Fsp3) is 0.571. The molecule has 0 aromatic heterocycles. The highest BCUT2D eigenvalue weighted by molar-refractivity contribution is 5.25. The maximum absolute atomic E-state index is 12.5. The van der Waals surface area contributed by atoms with E-state index in [-0.39, 0.29) is 13.0 Å². The lowest BCUT2D eigenvalue weighted by Crippen LogP contribution is -2.58. The fourth-order valence-electron chi connectivity index (χ4n) is 1.77. The predicted octanol–water partition coefficient (Wildman–Crippen LogP) is 4.67. The average Bonchev–Trinajstić information content (AvgIpc) is 2.29. The van der Waals surface area contributed by atoms with Crippen molar-refractivity contribution >= 4 is 0 Å². The molecule has 0 heterocycles. The van der Waals surface area contributed by atoms with E-state index >= 15 is 0 Å². The lowest BCUT2D eigenvalue weighted by atomic mass is 9.92. The van der Waals surface area contributed by atoms with E-state index in [4.69, 9.17) is 5.11 Å². The maximum atomic E-state index is 12.5. The highest BCUT2D eigenvalue weighted by atomic mass is 19.4. The van der Waals surface area contributed by atoms with Crippen molar-refractivity contribution in [1.82, 2.24) is 0 Å². The molecule has 0 atom stereocenters. The summed E-state index contributed by atoms with van der Waals surface area (Å²) in [7, 11) is 0. The minimum absolute atomic E-state index is 0. The van der Waals surface area contributed by atoms with Gasteiger partial charge in [0, 0.05) is 6.42 Å². The Labute approximate surface area is 119 Å². The maximum Gasteiger partial charge on any atom is 0.426 e. The minimum atomic E-state index is -5.78. The van der Waals surface area contributed by atoms with Crippen molar-refractivity contribution in [2.75, 3.05) is 0 Å². The quantitative estimate of drug-likeness (QED) is 0.800. The monoisotopic (exact) mass is 316 g/mol. The van der Waals surface area contributed by atoms with Gasteiger partial charge in [0.15, 0.2) is 0 Å². The Balaban J connectivity index is 0.00000400. The van der Waals surface area contributed by atoms with Gasteiger partial charge in [-0.3, -0.25) is 0 Å². The Morgan fingerprint density at radius 3 is 1.57 bits per heavy atom. The summed E-state index contributed by atoms with van der Waals surface area (Å²) in [6.45, 7) is 1.90. The highest BCUT2D eigenvalue weighted by Gasteiger charge is 2.70. The lowest BCUT2D eigenvalue weighted by Gasteiger charge is -2.32. The largest absolute Gasteiger partial charge is 0.426 e. The van der Waals surface area contributed by atoms with Crippen LogP contribution in [0.4, 0.5) is 26.3 Å². The second kappa shape index (κ2) is 6.68. The van der Waals surface area contributed by atoms with Crippen molar-refractivity contribution in [2.24, 2.45) is 0 Å². The molecular weight excluding hydrogens is 298 g/mol. The Hall–Kier alpha value is -1.24. The highest BCUT2D eigenvalue weighted by Crippen LogP contribution is 2.44. The molecule has 0 fully saturated rings. The number of rotatable bonds is 4. The Bertz CT molecular complexity index is 418. The standard InChI is InChI=1S/C13H14F6O.CH4/c1-2-3-9-4-6-10(7-5-9)8-11(20,12(14,15)16)13(17,18)19;/h4-7,20H,2-3,8H2,1H3;1H4. The summed E-state index contributed by atoms with van der Waals surface area (Å²) < 4.78 is 75.1. The van der Waals surface area contributed by atoms with Crippen LogP contribution in [0.3, 0.4) is 0 Å². The fourth-order valence-corrected chi connectivity index (χ4v) is 1.77. The molecule has 1 N–H and O–H groups in total. The zero-order valence-corrected chi connectivity index (χ0v) is 10.6. The molecule has 0 spiro atoms. The smallest absolute Gasteiger partial charge is 0.373 e. The third kappa shape index (κ3) is 4.36. The van der Waals surface area contributed by atoms with Crippen LogP contribution >= 0.6 is 0 Å². The van der Waals surface area contributed by atoms with E-state index < -0.39 is 24.4 Å². The number of alkyl halides is 6. The molecule has 1 nitrogen and oxygen atoms in total. The minimum Gasteiger partial charge on any atom is -0.373 e. The molecule has 21 heavy (non-hydrogen) atoms. The van der Waals surface area contributed by atoms with Crippen molar-refractivity contribution in [3.05, 3.63) is 35.4 Å². The van der Waals surface area contributed by atoms with Crippen LogP contribution in [0.15, 0.2) is 24.3 Å². The molecule has 122 valence electrons. The Morgan fingerprint density at radius 1 is 0.857 bits per heavy atom. The van der Waals surface area contributed by atoms with Crippen molar-refractivity contribution in [3.63, 3.8) is 0 Å². The molecule has 0 saturated carbocycles. The van der Waals surface area contributed by atoms with Crippen LogP contribution < -0.4 is 0 Å². The van der Waals surface area contributed by atoms with Gasteiger partial charge in [-0.05, 0) is 17.5 Å². The zero-order chi connectivity index (χ0) is 15.6. The first kappa shape index (κ1) is 19.8. The normalized spacial score (nSPS) is 13.0. The van der Waals surface area contributed by atoms with E-state index in [1.54, 1.807) is 0 Å². The van der Waals surface area contributed by atoms with E-state index in [0.717, 1.165) is 12.0 Å². The van der Waals surface area contributed by atoms with Crippen molar-refractivity contribution < 1.29 is 31.4 Å². The number of halogens is 6. The van der Waals surface area contributed by atoms with E-state index in [0.29, 0.717) is 6.42 Å². The van der Waals surface area contributed by atoms with Gasteiger partial charge < -0.3 is 5.11 Å². The molecule has 7 heteroatoms. The number of aliphatic hydroxyl groups is 1. The molecular formula is C14H18F6O. The zero-order valence-electron chi connectivity index (χ0n) is 10.6. The van der Waals surface area contributed by atoms with Gasteiger partial charge in [0.1, 0.15) is 0 Å². The molecule has 0 saturated heterocycles. The number of aryl methyl sites for hydroxylation is 1. The van der Waals surface area contributed by atoms with Crippen LogP contribution in [-0.2, 0) is 12.8 Å². The van der Waals surface area contributed by atoms with E-state index in [9.17, 15) is 26.3 Å². The Kier molecular flexibility index (Phi) is 6.29. The number of hydrogen-bond acceptors (Lipinski definition) is 1. The molecule has 0 unspecified atom stereocenters. The van der Waals surface area contributed by atoms with Crippen molar-refractivity contribution in [3.8, 4) is 0 Å². The first-order chi connectivity index (χ1) is 9.01. The first-order valence-electron chi connectivity index (χ1n) is 5.95. The summed E-state index contributed by atoms with van der Waals surface area (Å²) >= 11 is 0. The molecule has 0 aliphatic carbocycles. The van der Waals surface area contributed by atoms with Crippen LogP contribution in [-0.4, -0.2) is 23.1 Å². The topological polar surface area (TPSA) is 20.2 Å². The van der Waals surface area contributed by atoms with Crippen LogP contribution in [0.1, 0.15) is 31.9 Å².